The van der Waals surface area contributed by atoms with Crippen molar-refractivity contribution in [3.8, 4) is 5.69 Å². The fourth-order valence-electron chi connectivity index (χ4n) is 2.74. The minimum atomic E-state index is -0.895. The van der Waals surface area contributed by atoms with E-state index in [9.17, 15) is 14.3 Å². The van der Waals surface area contributed by atoms with Crippen LogP contribution in [0.2, 0.25) is 0 Å². The van der Waals surface area contributed by atoms with Crippen molar-refractivity contribution in [3.05, 3.63) is 82.9 Å². The lowest BCUT2D eigenvalue weighted by molar-refractivity contribution is 0.0916. The second-order valence-corrected chi connectivity index (χ2v) is 6.16. The Bertz CT molecular complexity index is 902. The Morgan fingerprint density at radius 2 is 1.81 bits per heavy atom. The molecule has 2 N–H and O–H groups in total. The van der Waals surface area contributed by atoms with E-state index in [-0.39, 0.29) is 18.3 Å². The molecule has 0 aliphatic carbocycles. The number of carbonyl (C=O) groups is 1. The Labute approximate surface area is 151 Å². The molecule has 0 aliphatic rings. The maximum absolute atomic E-state index is 12.9. The first-order chi connectivity index (χ1) is 12.4. The van der Waals surface area contributed by atoms with Crippen molar-refractivity contribution < 1.29 is 14.3 Å². The van der Waals surface area contributed by atoms with Crippen molar-refractivity contribution in [1.82, 2.24) is 15.1 Å². The van der Waals surface area contributed by atoms with Gasteiger partial charge in [0.1, 0.15) is 5.82 Å². The first kappa shape index (κ1) is 17.8. The third-order valence-corrected chi connectivity index (χ3v) is 4.09. The first-order valence-corrected chi connectivity index (χ1v) is 8.29. The minimum absolute atomic E-state index is 0.0453. The second kappa shape index (κ2) is 7.49. The lowest BCUT2D eigenvalue weighted by Gasteiger charge is -2.12. The number of aromatic nitrogens is 2. The molecule has 1 heterocycles. The third-order valence-electron chi connectivity index (χ3n) is 4.09. The van der Waals surface area contributed by atoms with Crippen LogP contribution in [0, 0.1) is 19.7 Å². The largest absolute Gasteiger partial charge is 0.387 e. The molecule has 26 heavy (non-hydrogen) atoms. The fourth-order valence-corrected chi connectivity index (χ4v) is 2.74. The summed E-state index contributed by atoms with van der Waals surface area (Å²) in [6.45, 7) is 3.94. The topological polar surface area (TPSA) is 67.2 Å². The summed E-state index contributed by atoms with van der Waals surface area (Å²) in [5, 5.41) is 17.2. The van der Waals surface area contributed by atoms with Crippen molar-refractivity contribution >= 4 is 5.91 Å². The van der Waals surface area contributed by atoms with Crippen LogP contribution in [0.15, 0.2) is 54.6 Å². The van der Waals surface area contributed by atoms with Crippen LogP contribution in [0.3, 0.4) is 0 Å². The molecule has 0 saturated heterocycles. The summed E-state index contributed by atoms with van der Waals surface area (Å²) < 4.78 is 14.7. The highest BCUT2D eigenvalue weighted by atomic mass is 19.1. The van der Waals surface area contributed by atoms with Crippen LogP contribution in [-0.2, 0) is 0 Å². The summed E-state index contributed by atoms with van der Waals surface area (Å²) in [5.41, 5.74) is 3.85. The molecule has 3 rings (SSSR count). The maximum atomic E-state index is 12.9. The molecule has 3 aromatic rings. The lowest BCUT2D eigenvalue weighted by atomic mass is 10.1. The monoisotopic (exact) mass is 353 g/mol. The first-order valence-electron chi connectivity index (χ1n) is 8.29. The molecule has 1 amide bonds. The molecule has 0 fully saturated rings. The van der Waals surface area contributed by atoms with Crippen molar-refractivity contribution in [1.29, 1.82) is 0 Å². The van der Waals surface area contributed by atoms with Gasteiger partial charge in [0, 0.05) is 17.8 Å². The van der Waals surface area contributed by atoms with Gasteiger partial charge in [-0.05, 0) is 61.9 Å². The zero-order valence-corrected chi connectivity index (χ0v) is 14.6. The molecule has 1 aromatic heterocycles. The Morgan fingerprint density at radius 1 is 1.15 bits per heavy atom. The van der Waals surface area contributed by atoms with E-state index >= 15 is 0 Å². The number of aliphatic hydroxyl groups excluding tert-OH is 1. The summed E-state index contributed by atoms with van der Waals surface area (Å²) >= 11 is 0. The number of nitrogens with zero attached hydrogens (tertiary/aromatic N) is 2. The third kappa shape index (κ3) is 3.97. The Kier molecular flexibility index (Phi) is 5.14. The van der Waals surface area contributed by atoms with Gasteiger partial charge in [-0.25, -0.2) is 9.07 Å². The fraction of sp³-hybridized carbons (Fsp3) is 0.200. The number of nitrogens with one attached hydrogen (secondary N) is 1. The van der Waals surface area contributed by atoms with Gasteiger partial charge in [0.05, 0.1) is 17.5 Å². The van der Waals surface area contributed by atoms with E-state index in [0.717, 1.165) is 17.1 Å². The van der Waals surface area contributed by atoms with Crippen molar-refractivity contribution in [2.75, 3.05) is 6.54 Å². The number of benzene rings is 2. The van der Waals surface area contributed by atoms with Gasteiger partial charge in [-0.3, -0.25) is 4.79 Å². The molecule has 5 nitrogen and oxygen atoms in total. The van der Waals surface area contributed by atoms with E-state index < -0.39 is 6.10 Å². The maximum Gasteiger partial charge on any atom is 0.251 e. The van der Waals surface area contributed by atoms with Crippen molar-refractivity contribution in [2.24, 2.45) is 0 Å². The van der Waals surface area contributed by atoms with Gasteiger partial charge in [-0.2, -0.15) is 5.10 Å². The standard InChI is InChI=1S/C20H20FN3O2/c1-13-11-14(2)24(23-13)18-9-5-16(6-10-18)20(26)22-12-19(25)15-3-7-17(21)8-4-15/h3-11,19,25H,12H2,1-2H3,(H,22,26). The zero-order valence-electron chi connectivity index (χ0n) is 14.6. The van der Waals surface area contributed by atoms with Gasteiger partial charge >= 0.3 is 0 Å². The quantitative estimate of drug-likeness (QED) is 0.741. The van der Waals surface area contributed by atoms with Gasteiger partial charge < -0.3 is 10.4 Å². The molecule has 134 valence electrons. The molecule has 6 heteroatoms. The van der Waals surface area contributed by atoms with Crippen LogP contribution in [-0.4, -0.2) is 27.3 Å². The van der Waals surface area contributed by atoms with Gasteiger partial charge in [0.15, 0.2) is 0 Å². The summed E-state index contributed by atoms with van der Waals surface area (Å²) in [4.78, 5) is 12.2. The van der Waals surface area contributed by atoms with Gasteiger partial charge in [0.25, 0.3) is 5.91 Å². The molecule has 0 spiro atoms. The van der Waals surface area contributed by atoms with E-state index in [1.165, 1.54) is 24.3 Å². The molecular formula is C20H20FN3O2. The molecule has 0 radical (unpaired) electrons. The summed E-state index contributed by atoms with van der Waals surface area (Å²) in [6.07, 6.45) is -0.895. The van der Waals surface area contributed by atoms with E-state index in [0.29, 0.717) is 11.1 Å². The zero-order chi connectivity index (χ0) is 18.7. The average Bonchev–Trinajstić information content (AvgIpc) is 2.98. The second-order valence-electron chi connectivity index (χ2n) is 6.16. The number of halogens is 1. The minimum Gasteiger partial charge on any atom is -0.387 e. The lowest BCUT2D eigenvalue weighted by Crippen LogP contribution is -2.28. The summed E-state index contributed by atoms with van der Waals surface area (Å²) in [7, 11) is 0. The van der Waals surface area contributed by atoms with Crippen LogP contribution < -0.4 is 5.32 Å². The highest BCUT2D eigenvalue weighted by Gasteiger charge is 2.12. The Balaban J connectivity index is 1.63. The number of aryl methyl sites for hydroxylation is 2. The molecule has 1 atom stereocenters. The van der Waals surface area contributed by atoms with E-state index in [2.05, 4.69) is 10.4 Å². The smallest absolute Gasteiger partial charge is 0.251 e. The number of amides is 1. The predicted octanol–water partition coefficient (Wildman–Crippen LogP) is 3.09. The number of rotatable bonds is 5. The molecule has 2 aromatic carbocycles. The van der Waals surface area contributed by atoms with E-state index in [4.69, 9.17) is 0 Å². The number of hydrogen-bond donors (Lipinski definition) is 2. The van der Waals surface area contributed by atoms with Gasteiger partial charge in [-0.1, -0.05) is 12.1 Å². The predicted molar refractivity (Wildman–Crippen MR) is 96.7 cm³/mol. The van der Waals surface area contributed by atoms with Gasteiger partial charge in [0.2, 0.25) is 0 Å². The SMILES string of the molecule is Cc1cc(C)n(-c2ccc(C(=O)NCC(O)c3ccc(F)cc3)cc2)n1. The highest BCUT2D eigenvalue weighted by Crippen LogP contribution is 2.15. The van der Waals surface area contributed by atoms with E-state index in [1.807, 2.05) is 36.7 Å². The van der Waals surface area contributed by atoms with Crippen molar-refractivity contribution in [3.63, 3.8) is 0 Å². The highest BCUT2D eigenvalue weighted by molar-refractivity contribution is 5.94. The summed E-state index contributed by atoms with van der Waals surface area (Å²) in [5.74, 6) is -0.654. The van der Waals surface area contributed by atoms with E-state index in [1.54, 1.807) is 12.1 Å². The molecule has 0 aliphatic heterocycles. The molecule has 0 bridgehead atoms. The number of carbonyl (C=O) groups excluding carboxylic acids is 1. The molecule has 0 saturated carbocycles. The van der Waals surface area contributed by atoms with Crippen LogP contribution in [0.1, 0.15) is 33.4 Å². The Hall–Kier alpha value is -2.99. The van der Waals surface area contributed by atoms with Crippen LogP contribution in [0.25, 0.3) is 5.69 Å². The average molecular weight is 353 g/mol. The van der Waals surface area contributed by atoms with Crippen LogP contribution >= 0.6 is 0 Å². The molecule has 1 unspecified atom stereocenters. The summed E-state index contributed by atoms with van der Waals surface area (Å²) in [6, 6.07) is 14.6. The van der Waals surface area contributed by atoms with Crippen LogP contribution in [0.5, 0.6) is 0 Å². The van der Waals surface area contributed by atoms with Crippen molar-refractivity contribution in [2.45, 2.75) is 20.0 Å². The Morgan fingerprint density at radius 3 is 2.38 bits per heavy atom. The number of aliphatic hydroxyl groups is 1. The number of hydrogen-bond acceptors (Lipinski definition) is 3. The van der Waals surface area contributed by atoms with Gasteiger partial charge in [-0.15, -0.1) is 0 Å². The normalized spacial score (nSPS) is 12.0. The molecular weight excluding hydrogens is 333 g/mol. The van der Waals surface area contributed by atoms with Crippen LogP contribution in [0.4, 0.5) is 4.39 Å².